The van der Waals surface area contributed by atoms with E-state index in [9.17, 15) is 10.0 Å². The Balaban J connectivity index is 2.25. The van der Waals surface area contributed by atoms with Gasteiger partial charge in [0.1, 0.15) is 6.23 Å². The molecule has 2 N–H and O–H groups in total. The lowest BCUT2D eigenvalue weighted by Gasteiger charge is -2.24. The molecule has 82 valence electrons. The summed E-state index contributed by atoms with van der Waals surface area (Å²) < 4.78 is 7.13. The van der Waals surface area contributed by atoms with Gasteiger partial charge >= 0.3 is 7.12 Å². The molecule has 0 amide bonds. The van der Waals surface area contributed by atoms with E-state index in [-0.39, 0.29) is 6.23 Å². The van der Waals surface area contributed by atoms with Crippen LogP contribution >= 0.6 is 0 Å². The maximum Gasteiger partial charge on any atom is 0.507 e. The summed E-state index contributed by atoms with van der Waals surface area (Å²) >= 11 is 0. The lowest BCUT2D eigenvalue weighted by atomic mass is 9.85. The van der Waals surface area contributed by atoms with Crippen LogP contribution in [0.1, 0.15) is 31.2 Å². The van der Waals surface area contributed by atoms with Gasteiger partial charge in [-0.1, -0.05) is 0 Å². The van der Waals surface area contributed by atoms with Gasteiger partial charge in [0.2, 0.25) is 0 Å². The van der Waals surface area contributed by atoms with Crippen LogP contribution in [0, 0.1) is 6.92 Å². The fraction of sp³-hybridized carbons (Fsp3) is 0.667. The first-order valence-corrected chi connectivity index (χ1v) is 5.22. The van der Waals surface area contributed by atoms with E-state index >= 15 is 0 Å². The molecule has 1 fully saturated rings. The number of aryl methyl sites for hydroxylation is 1. The summed E-state index contributed by atoms with van der Waals surface area (Å²) in [7, 11) is -1.49. The van der Waals surface area contributed by atoms with Crippen molar-refractivity contribution in [2.45, 2.75) is 32.4 Å². The monoisotopic (exact) mass is 210 g/mol. The van der Waals surface area contributed by atoms with E-state index in [0.29, 0.717) is 12.2 Å². The van der Waals surface area contributed by atoms with E-state index in [0.717, 1.165) is 25.0 Å². The van der Waals surface area contributed by atoms with E-state index in [4.69, 9.17) is 4.74 Å². The average molecular weight is 210 g/mol. The van der Waals surface area contributed by atoms with Gasteiger partial charge < -0.3 is 14.8 Å². The van der Waals surface area contributed by atoms with Gasteiger partial charge in [-0.15, -0.1) is 0 Å². The third kappa shape index (κ3) is 2.22. The van der Waals surface area contributed by atoms with Crippen molar-refractivity contribution >= 4 is 12.7 Å². The van der Waals surface area contributed by atoms with Gasteiger partial charge in [0, 0.05) is 6.61 Å². The van der Waals surface area contributed by atoms with Crippen LogP contribution in [-0.2, 0) is 4.74 Å². The molecule has 0 aliphatic carbocycles. The molecule has 0 saturated carbocycles. The zero-order chi connectivity index (χ0) is 10.8. The van der Waals surface area contributed by atoms with Gasteiger partial charge in [-0.2, -0.15) is 5.10 Å². The number of rotatable bonds is 2. The van der Waals surface area contributed by atoms with Crippen molar-refractivity contribution in [1.82, 2.24) is 9.78 Å². The molecule has 1 aromatic heterocycles. The van der Waals surface area contributed by atoms with Crippen LogP contribution < -0.4 is 5.59 Å². The number of ether oxygens (including phenoxy) is 1. The van der Waals surface area contributed by atoms with Crippen molar-refractivity contribution in [3.05, 3.63) is 11.8 Å². The minimum atomic E-state index is -1.49. The number of hydrogen-bond acceptors (Lipinski definition) is 4. The fourth-order valence-electron chi connectivity index (χ4n) is 1.88. The Labute approximate surface area is 88.8 Å². The SMILES string of the molecule is Cc1cc(B(O)O)n([C@@H]2CCCCO2)n1. The zero-order valence-corrected chi connectivity index (χ0v) is 8.76. The van der Waals surface area contributed by atoms with Crippen molar-refractivity contribution in [2.75, 3.05) is 6.61 Å². The third-order valence-corrected chi connectivity index (χ3v) is 2.58. The molecule has 2 rings (SSSR count). The Morgan fingerprint density at radius 2 is 2.33 bits per heavy atom. The molecule has 0 unspecified atom stereocenters. The van der Waals surface area contributed by atoms with E-state index in [1.54, 1.807) is 10.7 Å². The molecule has 1 atom stereocenters. The lowest BCUT2D eigenvalue weighted by molar-refractivity contribution is -0.0380. The summed E-state index contributed by atoms with van der Waals surface area (Å²) in [5.74, 6) is 0. The molecule has 6 heteroatoms. The minimum absolute atomic E-state index is 0.149. The summed E-state index contributed by atoms with van der Waals surface area (Å²) in [6.07, 6.45) is 2.88. The molecule has 5 nitrogen and oxygen atoms in total. The first-order chi connectivity index (χ1) is 7.18. The van der Waals surface area contributed by atoms with Crippen LogP contribution in [0.4, 0.5) is 0 Å². The van der Waals surface area contributed by atoms with Crippen LogP contribution in [-0.4, -0.2) is 33.6 Å². The Morgan fingerprint density at radius 1 is 1.53 bits per heavy atom. The summed E-state index contributed by atoms with van der Waals surface area (Å²) in [5.41, 5.74) is 1.17. The zero-order valence-electron chi connectivity index (χ0n) is 8.76. The number of nitrogens with zero attached hydrogens (tertiary/aromatic N) is 2. The summed E-state index contributed by atoms with van der Waals surface area (Å²) in [6.45, 7) is 2.54. The molecule has 0 bridgehead atoms. The third-order valence-electron chi connectivity index (χ3n) is 2.58. The van der Waals surface area contributed by atoms with Crippen LogP contribution in [0.3, 0.4) is 0 Å². The van der Waals surface area contributed by atoms with E-state index < -0.39 is 7.12 Å². The fourth-order valence-corrected chi connectivity index (χ4v) is 1.88. The Hall–Kier alpha value is -0.845. The molecule has 0 aromatic carbocycles. The van der Waals surface area contributed by atoms with Crippen molar-refractivity contribution in [3.63, 3.8) is 0 Å². The van der Waals surface area contributed by atoms with Crippen molar-refractivity contribution in [3.8, 4) is 0 Å². The first-order valence-electron chi connectivity index (χ1n) is 5.22. The second-order valence-electron chi connectivity index (χ2n) is 3.85. The number of aromatic nitrogens is 2. The lowest BCUT2D eigenvalue weighted by Crippen LogP contribution is -2.39. The van der Waals surface area contributed by atoms with E-state index in [2.05, 4.69) is 5.10 Å². The predicted octanol–water partition coefficient (Wildman–Crippen LogP) is -0.430. The Kier molecular flexibility index (Phi) is 3.09. The van der Waals surface area contributed by atoms with Crippen LogP contribution in [0.5, 0.6) is 0 Å². The maximum absolute atomic E-state index is 9.19. The summed E-state index contributed by atoms with van der Waals surface area (Å²) in [5, 5.41) is 22.6. The first kappa shape index (κ1) is 10.7. The van der Waals surface area contributed by atoms with E-state index in [1.165, 1.54) is 0 Å². The highest BCUT2D eigenvalue weighted by atomic mass is 16.5. The van der Waals surface area contributed by atoms with E-state index in [1.807, 2.05) is 6.92 Å². The molecule has 15 heavy (non-hydrogen) atoms. The highest BCUT2D eigenvalue weighted by Gasteiger charge is 2.25. The molecule has 1 aromatic rings. The molecular weight excluding hydrogens is 195 g/mol. The summed E-state index contributed by atoms with van der Waals surface area (Å²) in [4.78, 5) is 0. The topological polar surface area (TPSA) is 67.5 Å². The van der Waals surface area contributed by atoms with Crippen LogP contribution in [0.2, 0.25) is 0 Å². The Bertz CT molecular complexity index is 334. The average Bonchev–Trinajstić information content (AvgIpc) is 2.62. The summed E-state index contributed by atoms with van der Waals surface area (Å²) in [6, 6.07) is 1.67. The molecule has 2 heterocycles. The predicted molar refractivity (Wildman–Crippen MR) is 55.6 cm³/mol. The second kappa shape index (κ2) is 4.34. The van der Waals surface area contributed by atoms with Crippen molar-refractivity contribution in [2.24, 2.45) is 0 Å². The van der Waals surface area contributed by atoms with Gasteiger partial charge in [0.05, 0.1) is 11.3 Å². The van der Waals surface area contributed by atoms with Crippen molar-refractivity contribution in [1.29, 1.82) is 0 Å². The molecular formula is C9H15BN2O3. The highest BCUT2D eigenvalue weighted by Crippen LogP contribution is 2.20. The molecule has 1 aliphatic heterocycles. The molecule has 1 aliphatic rings. The maximum atomic E-state index is 9.19. The van der Waals surface area contributed by atoms with Gasteiger partial charge in [0.25, 0.3) is 0 Å². The van der Waals surface area contributed by atoms with Crippen molar-refractivity contribution < 1.29 is 14.8 Å². The molecule has 1 saturated heterocycles. The van der Waals surface area contributed by atoms with Gasteiger partial charge in [-0.3, -0.25) is 0 Å². The van der Waals surface area contributed by atoms with Gasteiger partial charge in [-0.05, 0) is 32.3 Å². The van der Waals surface area contributed by atoms with Crippen LogP contribution in [0.25, 0.3) is 0 Å². The molecule has 0 radical (unpaired) electrons. The van der Waals surface area contributed by atoms with Gasteiger partial charge in [-0.25, -0.2) is 4.68 Å². The van der Waals surface area contributed by atoms with Gasteiger partial charge in [0.15, 0.2) is 0 Å². The quantitative estimate of drug-likeness (QED) is 0.650. The smallest absolute Gasteiger partial charge is 0.422 e. The minimum Gasteiger partial charge on any atom is -0.422 e. The largest absolute Gasteiger partial charge is 0.507 e. The number of hydrogen-bond donors (Lipinski definition) is 2. The standard InChI is InChI=1S/C9H15BN2O3/c1-7-6-8(10(13)14)12(11-7)9-4-2-3-5-15-9/h6,9,13-14H,2-5H2,1H3/t9-/m0/s1. The second-order valence-corrected chi connectivity index (χ2v) is 3.85. The molecule has 0 spiro atoms. The normalized spacial score (nSPS) is 21.7. The Morgan fingerprint density at radius 3 is 2.93 bits per heavy atom. The highest BCUT2D eigenvalue weighted by molar-refractivity contribution is 6.57. The van der Waals surface area contributed by atoms with Crippen LogP contribution in [0.15, 0.2) is 6.07 Å².